The predicted octanol–water partition coefficient (Wildman–Crippen LogP) is 0.972. The molecule has 0 radical (unpaired) electrons. The lowest BCUT2D eigenvalue weighted by Crippen LogP contribution is -2.40. The standard InChI is InChI=1S/C16H24BrN3O5S/c1-4-20(5-2)15(21)11-18-16(22)13-10-12(6-7-14(13)17)26(23,24)19-8-9-25-3/h6-7,10,19H,4-5,8-9,11H2,1-3H3,(H,18,22). The number of nitrogens with zero attached hydrogens (tertiary/aromatic N) is 1. The van der Waals surface area contributed by atoms with Gasteiger partial charge in [-0.3, -0.25) is 9.59 Å². The summed E-state index contributed by atoms with van der Waals surface area (Å²) >= 11 is 3.23. The van der Waals surface area contributed by atoms with Crippen molar-refractivity contribution < 1.29 is 22.7 Å². The molecule has 0 fully saturated rings. The first-order chi connectivity index (χ1) is 12.3. The van der Waals surface area contributed by atoms with Crippen LogP contribution in [0.15, 0.2) is 27.6 Å². The first kappa shape index (κ1) is 22.6. The molecule has 146 valence electrons. The maximum absolute atomic E-state index is 12.4. The van der Waals surface area contributed by atoms with E-state index in [1.807, 2.05) is 13.8 Å². The van der Waals surface area contributed by atoms with Crippen LogP contribution in [0, 0.1) is 0 Å². The number of methoxy groups -OCH3 is 1. The third-order valence-electron chi connectivity index (χ3n) is 3.61. The molecular formula is C16H24BrN3O5S. The fourth-order valence-electron chi connectivity index (χ4n) is 2.15. The summed E-state index contributed by atoms with van der Waals surface area (Å²) in [6.07, 6.45) is 0. The number of ether oxygens (including phenoxy) is 1. The van der Waals surface area contributed by atoms with E-state index >= 15 is 0 Å². The number of nitrogens with one attached hydrogen (secondary N) is 2. The van der Waals surface area contributed by atoms with E-state index in [-0.39, 0.29) is 36.1 Å². The second-order valence-corrected chi connectivity index (χ2v) is 7.90. The second kappa shape index (κ2) is 10.6. The minimum atomic E-state index is -3.76. The Kier molecular flexibility index (Phi) is 9.20. The zero-order valence-corrected chi connectivity index (χ0v) is 17.4. The van der Waals surface area contributed by atoms with Gasteiger partial charge in [0.2, 0.25) is 15.9 Å². The molecule has 0 saturated carbocycles. The van der Waals surface area contributed by atoms with Gasteiger partial charge in [0.1, 0.15) is 0 Å². The van der Waals surface area contributed by atoms with E-state index in [1.165, 1.54) is 25.3 Å². The molecule has 2 amide bonds. The molecule has 0 spiro atoms. The van der Waals surface area contributed by atoms with Crippen molar-refractivity contribution in [3.63, 3.8) is 0 Å². The van der Waals surface area contributed by atoms with Crippen LogP contribution in [0.25, 0.3) is 0 Å². The van der Waals surface area contributed by atoms with Crippen molar-refractivity contribution in [3.8, 4) is 0 Å². The number of halogens is 1. The van der Waals surface area contributed by atoms with Gasteiger partial charge < -0.3 is 15.0 Å². The third kappa shape index (κ3) is 6.35. The molecule has 0 aliphatic heterocycles. The SMILES string of the molecule is CCN(CC)C(=O)CNC(=O)c1cc(S(=O)(=O)NCCOC)ccc1Br. The molecular weight excluding hydrogens is 426 g/mol. The zero-order chi connectivity index (χ0) is 19.7. The largest absolute Gasteiger partial charge is 0.383 e. The molecule has 0 saturated heterocycles. The summed E-state index contributed by atoms with van der Waals surface area (Å²) in [6.45, 7) is 5.00. The van der Waals surface area contributed by atoms with Crippen LogP contribution >= 0.6 is 15.9 Å². The molecule has 0 aliphatic rings. The average molecular weight is 450 g/mol. The Morgan fingerprint density at radius 1 is 1.23 bits per heavy atom. The van der Waals surface area contributed by atoms with Crippen molar-refractivity contribution in [3.05, 3.63) is 28.2 Å². The molecule has 0 atom stereocenters. The lowest BCUT2D eigenvalue weighted by Gasteiger charge is -2.18. The second-order valence-electron chi connectivity index (χ2n) is 5.28. The van der Waals surface area contributed by atoms with E-state index in [4.69, 9.17) is 4.74 Å². The predicted molar refractivity (Wildman–Crippen MR) is 101 cm³/mol. The van der Waals surface area contributed by atoms with Crippen LogP contribution in [0.1, 0.15) is 24.2 Å². The topological polar surface area (TPSA) is 105 Å². The van der Waals surface area contributed by atoms with Gasteiger partial charge in [-0.2, -0.15) is 0 Å². The van der Waals surface area contributed by atoms with Gasteiger partial charge >= 0.3 is 0 Å². The van der Waals surface area contributed by atoms with Crippen molar-refractivity contribution >= 4 is 37.8 Å². The number of amides is 2. The third-order valence-corrected chi connectivity index (χ3v) is 5.76. The summed E-state index contributed by atoms with van der Waals surface area (Å²) in [6, 6.07) is 4.12. The van der Waals surface area contributed by atoms with E-state index in [9.17, 15) is 18.0 Å². The maximum atomic E-state index is 12.4. The van der Waals surface area contributed by atoms with E-state index < -0.39 is 15.9 Å². The maximum Gasteiger partial charge on any atom is 0.252 e. The smallest absolute Gasteiger partial charge is 0.252 e. The molecule has 0 unspecified atom stereocenters. The number of rotatable bonds is 10. The summed E-state index contributed by atoms with van der Waals surface area (Å²) in [5.74, 6) is -0.740. The van der Waals surface area contributed by atoms with Crippen LogP contribution in [0.2, 0.25) is 0 Å². The van der Waals surface area contributed by atoms with Gasteiger partial charge in [-0.25, -0.2) is 13.1 Å². The Bertz CT molecular complexity index is 735. The van der Waals surface area contributed by atoms with E-state index in [0.717, 1.165) is 0 Å². The first-order valence-corrected chi connectivity index (χ1v) is 10.4. The average Bonchev–Trinajstić information content (AvgIpc) is 2.61. The Morgan fingerprint density at radius 3 is 2.46 bits per heavy atom. The Hall–Kier alpha value is -1.49. The highest BCUT2D eigenvalue weighted by Crippen LogP contribution is 2.21. The minimum absolute atomic E-state index is 0.0444. The van der Waals surface area contributed by atoms with Gasteiger partial charge in [0, 0.05) is 31.2 Å². The fourth-order valence-corrected chi connectivity index (χ4v) is 3.61. The molecule has 26 heavy (non-hydrogen) atoms. The summed E-state index contributed by atoms with van der Waals surface area (Å²) in [4.78, 5) is 25.9. The highest BCUT2D eigenvalue weighted by molar-refractivity contribution is 9.10. The molecule has 0 bridgehead atoms. The van der Waals surface area contributed by atoms with Gasteiger partial charge in [-0.1, -0.05) is 0 Å². The summed E-state index contributed by atoms with van der Waals surface area (Å²) in [5, 5.41) is 2.52. The molecule has 0 heterocycles. The van der Waals surface area contributed by atoms with Crippen molar-refractivity contribution in [2.45, 2.75) is 18.7 Å². The highest BCUT2D eigenvalue weighted by atomic mass is 79.9. The Labute approximate surface area is 162 Å². The number of sulfonamides is 1. The molecule has 1 rings (SSSR count). The van der Waals surface area contributed by atoms with Gasteiger partial charge in [0.15, 0.2) is 0 Å². The van der Waals surface area contributed by atoms with Crippen LogP contribution in [0.4, 0.5) is 0 Å². The van der Waals surface area contributed by atoms with Crippen molar-refractivity contribution in [2.75, 3.05) is 39.9 Å². The molecule has 0 aromatic heterocycles. The van der Waals surface area contributed by atoms with Crippen LogP contribution in [0.5, 0.6) is 0 Å². The lowest BCUT2D eigenvalue weighted by molar-refractivity contribution is -0.129. The van der Waals surface area contributed by atoms with Crippen LogP contribution in [-0.2, 0) is 19.6 Å². The quantitative estimate of drug-likeness (QED) is 0.517. The molecule has 0 aliphatic carbocycles. The number of carbonyl (C=O) groups is 2. The molecule has 2 N–H and O–H groups in total. The van der Waals surface area contributed by atoms with Gasteiger partial charge in [0.05, 0.1) is 23.6 Å². The number of hydrogen-bond acceptors (Lipinski definition) is 5. The molecule has 8 nitrogen and oxygen atoms in total. The Balaban J connectivity index is 2.89. The summed E-state index contributed by atoms with van der Waals surface area (Å²) < 4.78 is 32.1. The Morgan fingerprint density at radius 2 is 1.88 bits per heavy atom. The van der Waals surface area contributed by atoms with Gasteiger partial charge in [-0.15, -0.1) is 0 Å². The molecule has 1 aromatic carbocycles. The highest BCUT2D eigenvalue weighted by Gasteiger charge is 2.19. The van der Waals surface area contributed by atoms with E-state index in [0.29, 0.717) is 17.6 Å². The van der Waals surface area contributed by atoms with Crippen molar-refractivity contribution in [1.29, 1.82) is 0 Å². The van der Waals surface area contributed by atoms with Gasteiger partial charge in [0.25, 0.3) is 5.91 Å². The van der Waals surface area contributed by atoms with Crippen molar-refractivity contribution in [1.82, 2.24) is 14.9 Å². The van der Waals surface area contributed by atoms with E-state index in [1.54, 1.807) is 4.90 Å². The number of likely N-dealkylation sites (N-methyl/N-ethyl adjacent to an activating group) is 1. The first-order valence-electron chi connectivity index (χ1n) is 8.10. The number of benzene rings is 1. The van der Waals surface area contributed by atoms with Gasteiger partial charge in [-0.05, 0) is 48.0 Å². The summed E-state index contributed by atoms with van der Waals surface area (Å²) in [7, 11) is -2.30. The monoisotopic (exact) mass is 449 g/mol. The minimum Gasteiger partial charge on any atom is -0.383 e. The lowest BCUT2D eigenvalue weighted by atomic mass is 10.2. The number of carbonyl (C=O) groups excluding carboxylic acids is 2. The van der Waals surface area contributed by atoms with E-state index in [2.05, 4.69) is 26.0 Å². The van der Waals surface area contributed by atoms with Crippen LogP contribution < -0.4 is 10.0 Å². The van der Waals surface area contributed by atoms with Crippen LogP contribution in [-0.4, -0.2) is 65.0 Å². The van der Waals surface area contributed by atoms with Crippen molar-refractivity contribution in [2.24, 2.45) is 0 Å². The van der Waals surface area contributed by atoms with Crippen LogP contribution in [0.3, 0.4) is 0 Å². The molecule has 1 aromatic rings. The number of hydrogen-bond donors (Lipinski definition) is 2. The zero-order valence-electron chi connectivity index (χ0n) is 15.0. The fraction of sp³-hybridized carbons (Fsp3) is 0.500. The normalized spacial score (nSPS) is 11.2. The molecule has 10 heteroatoms. The summed E-state index contributed by atoms with van der Waals surface area (Å²) in [5.41, 5.74) is 0.131.